The van der Waals surface area contributed by atoms with Gasteiger partial charge in [0.05, 0.1) is 0 Å². The third-order valence-electron chi connectivity index (χ3n) is 1.37. The Morgan fingerprint density at radius 1 is 1.50 bits per heavy atom. The van der Waals surface area contributed by atoms with Crippen LogP contribution < -0.4 is 5.56 Å². The van der Waals surface area contributed by atoms with Gasteiger partial charge in [0.25, 0.3) is 5.56 Å². The number of aromatic amines is 2. The summed E-state index contributed by atoms with van der Waals surface area (Å²) in [4.78, 5) is 20.9. The Morgan fingerprint density at radius 3 is 2.60 bits per heavy atom. The lowest BCUT2D eigenvalue weighted by Crippen LogP contribution is -2.04. The Morgan fingerprint density at radius 2 is 2.20 bits per heavy atom. The Kier molecular flexibility index (Phi) is 1.71. The number of hydrogen-bond donors (Lipinski definition) is 2. The van der Waals surface area contributed by atoms with E-state index in [9.17, 15) is 9.59 Å². The average molecular weight is 140 g/mol. The van der Waals surface area contributed by atoms with E-state index in [0.717, 1.165) is 0 Å². The molecule has 0 radical (unpaired) electrons. The predicted octanol–water partition coefficient (Wildman–Crippen LogP) is 0.0779. The number of nitrogens with one attached hydrogen (secondary N) is 2. The van der Waals surface area contributed by atoms with Gasteiger partial charge in [-0.2, -0.15) is 0 Å². The van der Waals surface area contributed by atoms with Crippen LogP contribution >= 0.6 is 0 Å². The molecule has 0 aliphatic carbocycles. The number of H-pyrrole nitrogens is 2. The van der Waals surface area contributed by atoms with Crippen LogP contribution in [-0.4, -0.2) is 16.5 Å². The first-order valence-electron chi connectivity index (χ1n) is 3.04. The van der Waals surface area contributed by atoms with Gasteiger partial charge in [0.2, 0.25) is 0 Å². The van der Waals surface area contributed by atoms with Crippen molar-refractivity contribution < 1.29 is 4.79 Å². The molecule has 0 fully saturated rings. The molecule has 0 aliphatic rings. The van der Waals surface area contributed by atoms with Crippen LogP contribution in [0.4, 0.5) is 0 Å². The van der Waals surface area contributed by atoms with Gasteiger partial charge in [-0.1, -0.05) is 6.92 Å². The van der Waals surface area contributed by atoms with E-state index in [0.29, 0.717) is 18.4 Å². The molecule has 0 aromatic carbocycles. The minimum Gasteiger partial charge on any atom is -0.302 e. The summed E-state index contributed by atoms with van der Waals surface area (Å²) in [6, 6.07) is 0. The highest BCUT2D eigenvalue weighted by Crippen LogP contribution is 1.94. The Balaban J connectivity index is 3.26. The molecule has 0 saturated heterocycles. The van der Waals surface area contributed by atoms with Crippen LogP contribution in [-0.2, 0) is 6.42 Å². The lowest BCUT2D eigenvalue weighted by molar-refractivity contribution is 0.112. The van der Waals surface area contributed by atoms with Crippen molar-refractivity contribution in [1.82, 2.24) is 10.2 Å². The van der Waals surface area contributed by atoms with Gasteiger partial charge in [-0.15, -0.1) is 0 Å². The van der Waals surface area contributed by atoms with E-state index in [4.69, 9.17) is 0 Å². The average Bonchev–Trinajstić information content (AvgIpc) is 2.30. The number of aldehydes is 1. The molecule has 2 N–H and O–H groups in total. The van der Waals surface area contributed by atoms with Crippen molar-refractivity contribution >= 4 is 6.29 Å². The topological polar surface area (TPSA) is 65.7 Å². The largest absolute Gasteiger partial charge is 0.302 e. The van der Waals surface area contributed by atoms with Crippen molar-refractivity contribution in [1.29, 1.82) is 0 Å². The standard InChI is InChI=1S/C6H8N2O2/c1-2-5-4(3-9)6(10)8-7-5/h3H,2H2,1H3,(H2,7,8,10). The molecular weight excluding hydrogens is 132 g/mol. The number of hydrogen-bond acceptors (Lipinski definition) is 2. The number of aromatic nitrogens is 2. The number of carbonyl (C=O) groups is 1. The first-order valence-corrected chi connectivity index (χ1v) is 3.04. The third kappa shape index (κ3) is 0.877. The van der Waals surface area contributed by atoms with Crippen molar-refractivity contribution in [2.24, 2.45) is 0 Å². The lowest BCUT2D eigenvalue weighted by atomic mass is 10.2. The van der Waals surface area contributed by atoms with Gasteiger partial charge in [0, 0.05) is 5.69 Å². The first-order chi connectivity index (χ1) is 4.79. The molecule has 1 rings (SSSR count). The van der Waals surface area contributed by atoms with E-state index in [1.165, 1.54) is 0 Å². The maximum atomic E-state index is 10.7. The maximum Gasteiger partial charge on any atom is 0.274 e. The van der Waals surface area contributed by atoms with Gasteiger partial charge in [-0.25, -0.2) is 0 Å². The second-order valence-corrected chi connectivity index (χ2v) is 1.94. The third-order valence-corrected chi connectivity index (χ3v) is 1.37. The quantitative estimate of drug-likeness (QED) is 0.571. The summed E-state index contributed by atoms with van der Waals surface area (Å²) < 4.78 is 0. The number of carbonyl (C=O) groups excluding carboxylic acids is 1. The van der Waals surface area contributed by atoms with E-state index in [1.807, 2.05) is 6.92 Å². The van der Waals surface area contributed by atoms with Crippen molar-refractivity contribution in [3.63, 3.8) is 0 Å². The molecule has 0 atom stereocenters. The second-order valence-electron chi connectivity index (χ2n) is 1.94. The Hall–Kier alpha value is -1.32. The number of aryl methyl sites for hydroxylation is 1. The molecule has 0 saturated carbocycles. The van der Waals surface area contributed by atoms with Gasteiger partial charge >= 0.3 is 0 Å². The van der Waals surface area contributed by atoms with E-state index in [2.05, 4.69) is 10.2 Å². The van der Waals surface area contributed by atoms with Gasteiger partial charge in [-0.05, 0) is 6.42 Å². The molecule has 1 aromatic rings. The summed E-state index contributed by atoms with van der Waals surface area (Å²) in [5.41, 5.74) is 0.536. The Labute approximate surface area is 57.2 Å². The molecule has 1 aromatic heterocycles. The fourth-order valence-electron chi connectivity index (χ4n) is 0.807. The zero-order valence-corrected chi connectivity index (χ0v) is 5.60. The maximum absolute atomic E-state index is 10.7. The Bertz CT molecular complexity index is 284. The normalized spacial score (nSPS) is 9.70. The highest BCUT2D eigenvalue weighted by atomic mass is 16.1. The number of rotatable bonds is 2. The molecule has 1 heterocycles. The van der Waals surface area contributed by atoms with Crippen LogP contribution in [0.2, 0.25) is 0 Å². The molecule has 0 unspecified atom stereocenters. The second kappa shape index (κ2) is 2.51. The molecule has 4 heteroatoms. The predicted molar refractivity (Wildman–Crippen MR) is 36.2 cm³/mol. The summed E-state index contributed by atoms with van der Waals surface area (Å²) in [5, 5.41) is 4.93. The van der Waals surface area contributed by atoms with E-state index in [-0.39, 0.29) is 11.1 Å². The molecule has 0 spiro atoms. The van der Waals surface area contributed by atoms with Gasteiger partial charge in [0.15, 0.2) is 6.29 Å². The van der Waals surface area contributed by atoms with Crippen LogP contribution in [0.3, 0.4) is 0 Å². The van der Waals surface area contributed by atoms with Gasteiger partial charge in [0.1, 0.15) is 5.56 Å². The first kappa shape index (κ1) is 6.80. The van der Waals surface area contributed by atoms with Crippen LogP contribution in [0.25, 0.3) is 0 Å². The fourth-order valence-corrected chi connectivity index (χ4v) is 0.807. The van der Waals surface area contributed by atoms with Crippen molar-refractivity contribution in [3.8, 4) is 0 Å². The minimum absolute atomic E-state index is 0.211. The van der Waals surface area contributed by atoms with E-state index in [1.54, 1.807) is 0 Å². The van der Waals surface area contributed by atoms with Crippen molar-refractivity contribution in [2.45, 2.75) is 13.3 Å². The van der Waals surface area contributed by atoms with Crippen LogP contribution in [0.1, 0.15) is 23.0 Å². The summed E-state index contributed by atoms with van der Waals surface area (Å²) in [6.07, 6.45) is 1.22. The molecule has 54 valence electrons. The van der Waals surface area contributed by atoms with Crippen LogP contribution in [0.15, 0.2) is 4.79 Å². The summed E-state index contributed by atoms with van der Waals surface area (Å²) in [7, 11) is 0. The fraction of sp³-hybridized carbons (Fsp3) is 0.333. The van der Waals surface area contributed by atoms with E-state index < -0.39 is 0 Å². The molecule has 10 heavy (non-hydrogen) atoms. The lowest BCUT2D eigenvalue weighted by Gasteiger charge is -1.85. The summed E-state index contributed by atoms with van der Waals surface area (Å²) in [5.74, 6) is 0. The zero-order valence-electron chi connectivity index (χ0n) is 5.60. The summed E-state index contributed by atoms with van der Waals surface area (Å²) in [6.45, 7) is 1.87. The van der Waals surface area contributed by atoms with Crippen molar-refractivity contribution in [3.05, 3.63) is 21.6 Å². The van der Waals surface area contributed by atoms with Gasteiger partial charge < -0.3 is 5.10 Å². The summed E-state index contributed by atoms with van der Waals surface area (Å²) >= 11 is 0. The molecule has 0 bridgehead atoms. The molecule has 0 aliphatic heterocycles. The molecule has 0 amide bonds. The smallest absolute Gasteiger partial charge is 0.274 e. The zero-order chi connectivity index (χ0) is 7.56. The minimum atomic E-state index is -0.341. The highest BCUT2D eigenvalue weighted by Gasteiger charge is 2.04. The monoisotopic (exact) mass is 140 g/mol. The van der Waals surface area contributed by atoms with Gasteiger partial charge in [-0.3, -0.25) is 14.7 Å². The van der Waals surface area contributed by atoms with Crippen molar-refractivity contribution in [2.75, 3.05) is 0 Å². The van der Waals surface area contributed by atoms with E-state index >= 15 is 0 Å². The SMILES string of the molecule is CCc1[nH][nH]c(=O)c1C=O. The highest BCUT2D eigenvalue weighted by molar-refractivity contribution is 5.75. The molecular formula is C6H8N2O2. The van der Waals surface area contributed by atoms with Crippen LogP contribution in [0, 0.1) is 0 Å². The van der Waals surface area contributed by atoms with Crippen LogP contribution in [0.5, 0.6) is 0 Å². The molecule has 4 nitrogen and oxygen atoms in total.